The molecule has 0 amide bonds. The van der Waals surface area contributed by atoms with Gasteiger partial charge in [0.15, 0.2) is 0 Å². The van der Waals surface area contributed by atoms with E-state index in [1.54, 1.807) is 12.3 Å². The van der Waals surface area contributed by atoms with E-state index >= 15 is 0 Å². The minimum Gasteiger partial charge on any atom is -0.379 e. The predicted octanol–water partition coefficient (Wildman–Crippen LogP) is 1.18. The van der Waals surface area contributed by atoms with Crippen LogP contribution in [0.4, 0.5) is 5.69 Å². The maximum Gasteiger partial charge on any atom is 0.140 e. The van der Waals surface area contributed by atoms with Gasteiger partial charge in [0, 0.05) is 13.7 Å². The van der Waals surface area contributed by atoms with E-state index in [1.165, 1.54) is 0 Å². The monoisotopic (exact) mass is 203 g/mol. The van der Waals surface area contributed by atoms with Crippen molar-refractivity contribution in [3.05, 3.63) is 24.0 Å². The Kier molecular flexibility index (Phi) is 2.84. The highest BCUT2D eigenvalue weighted by Crippen LogP contribution is 2.19. The topological polar surface area (TPSA) is 49.2 Å². The second kappa shape index (κ2) is 4.28. The van der Waals surface area contributed by atoms with Crippen molar-refractivity contribution in [1.82, 2.24) is 4.98 Å². The van der Waals surface area contributed by atoms with Crippen LogP contribution in [0.25, 0.3) is 0 Å². The molecule has 1 atom stereocenters. The van der Waals surface area contributed by atoms with Crippen molar-refractivity contribution in [3.8, 4) is 6.07 Å². The quantitative estimate of drug-likeness (QED) is 0.724. The van der Waals surface area contributed by atoms with Crippen LogP contribution in [0.2, 0.25) is 0 Å². The fourth-order valence-corrected chi connectivity index (χ4v) is 1.70. The molecule has 1 aromatic heterocycles. The van der Waals surface area contributed by atoms with Gasteiger partial charge < -0.3 is 9.64 Å². The number of aromatic nitrogens is 1. The molecule has 2 heterocycles. The molecule has 78 valence electrons. The normalized spacial score (nSPS) is 19.9. The largest absolute Gasteiger partial charge is 0.379 e. The van der Waals surface area contributed by atoms with Gasteiger partial charge in [0.25, 0.3) is 0 Å². The fourth-order valence-electron chi connectivity index (χ4n) is 1.70. The summed E-state index contributed by atoms with van der Waals surface area (Å²) >= 11 is 0. The highest BCUT2D eigenvalue weighted by molar-refractivity contribution is 5.46. The summed E-state index contributed by atoms with van der Waals surface area (Å²) in [6.07, 6.45) is 2.79. The molecular formula is C11H13N3O. The van der Waals surface area contributed by atoms with Crippen molar-refractivity contribution in [2.75, 3.05) is 25.2 Å². The van der Waals surface area contributed by atoms with Crippen molar-refractivity contribution in [2.24, 2.45) is 0 Å². The molecule has 15 heavy (non-hydrogen) atoms. The lowest BCUT2D eigenvalue weighted by Gasteiger charge is -2.24. The number of hydrogen-bond acceptors (Lipinski definition) is 4. The highest BCUT2D eigenvalue weighted by Gasteiger charge is 2.20. The average Bonchev–Trinajstić information content (AvgIpc) is 2.82. The smallest absolute Gasteiger partial charge is 0.140 e. The minimum atomic E-state index is 0.430. The van der Waals surface area contributed by atoms with Crippen molar-refractivity contribution >= 4 is 5.69 Å². The minimum absolute atomic E-state index is 0.430. The first-order valence-corrected chi connectivity index (χ1v) is 4.98. The zero-order valence-corrected chi connectivity index (χ0v) is 8.68. The van der Waals surface area contributed by atoms with E-state index in [0.717, 1.165) is 25.3 Å². The molecule has 1 saturated heterocycles. The van der Waals surface area contributed by atoms with Crippen LogP contribution in [0.15, 0.2) is 18.3 Å². The molecule has 0 N–H and O–H groups in total. The lowest BCUT2D eigenvalue weighted by atomic mass is 10.2. The third-order valence-electron chi connectivity index (χ3n) is 2.72. The Morgan fingerprint density at radius 3 is 3.00 bits per heavy atom. The summed E-state index contributed by atoms with van der Waals surface area (Å²) in [6.45, 7) is 1.61. The highest BCUT2D eigenvalue weighted by atomic mass is 16.5. The fraction of sp³-hybridized carbons (Fsp3) is 0.455. The lowest BCUT2D eigenvalue weighted by Crippen LogP contribution is -2.31. The third-order valence-corrected chi connectivity index (χ3v) is 2.72. The summed E-state index contributed by atoms with van der Waals surface area (Å²) < 4.78 is 5.33. The van der Waals surface area contributed by atoms with Gasteiger partial charge >= 0.3 is 0 Å². The first-order chi connectivity index (χ1) is 7.31. The van der Waals surface area contributed by atoms with E-state index in [4.69, 9.17) is 10.00 Å². The van der Waals surface area contributed by atoms with Crippen LogP contribution in [-0.4, -0.2) is 31.3 Å². The van der Waals surface area contributed by atoms with Crippen LogP contribution in [0.1, 0.15) is 12.1 Å². The molecule has 0 spiro atoms. The zero-order chi connectivity index (χ0) is 10.7. The Hall–Kier alpha value is -1.60. The number of nitriles is 1. The van der Waals surface area contributed by atoms with Gasteiger partial charge in [0.05, 0.1) is 24.5 Å². The van der Waals surface area contributed by atoms with Crippen molar-refractivity contribution in [3.63, 3.8) is 0 Å². The Balaban J connectivity index is 2.11. The van der Waals surface area contributed by atoms with Gasteiger partial charge in [-0.1, -0.05) is 0 Å². The Labute approximate surface area is 89.1 Å². The summed E-state index contributed by atoms with van der Waals surface area (Å²) in [7, 11) is 2.03. The standard InChI is InChI=1S/C11H13N3O/c1-14(11-4-5-15-8-11)10-3-2-9(6-12)13-7-10/h2-3,7,11H,4-5,8H2,1H3. The average molecular weight is 203 g/mol. The molecule has 2 rings (SSSR count). The molecule has 4 heteroatoms. The molecule has 1 unspecified atom stereocenters. The lowest BCUT2D eigenvalue weighted by molar-refractivity contribution is 0.193. The van der Waals surface area contributed by atoms with Gasteiger partial charge in [-0.3, -0.25) is 0 Å². The van der Waals surface area contributed by atoms with Crippen LogP contribution in [0.3, 0.4) is 0 Å². The van der Waals surface area contributed by atoms with E-state index in [2.05, 4.69) is 9.88 Å². The second-order valence-corrected chi connectivity index (χ2v) is 3.64. The maximum atomic E-state index is 8.63. The van der Waals surface area contributed by atoms with E-state index in [1.807, 2.05) is 19.2 Å². The van der Waals surface area contributed by atoms with Crippen LogP contribution >= 0.6 is 0 Å². The Bertz CT molecular complexity index is 362. The third kappa shape index (κ3) is 2.08. The van der Waals surface area contributed by atoms with E-state index in [0.29, 0.717) is 11.7 Å². The van der Waals surface area contributed by atoms with Crippen molar-refractivity contribution < 1.29 is 4.74 Å². The molecule has 1 aromatic rings. The summed E-state index contributed by atoms with van der Waals surface area (Å²) in [6, 6.07) is 6.10. The zero-order valence-electron chi connectivity index (χ0n) is 8.68. The molecular weight excluding hydrogens is 190 g/mol. The Morgan fingerprint density at radius 1 is 1.60 bits per heavy atom. The number of hydrogen-bond donors (Lipinski definition) is 0. The summed E-state index contributed by atoms with van der Waals surface area (Å²) in [5, 5.41) is 8.63. The van der Waals surface area contributed by atoms with Crippen molar-refractivity contribution in [2.45, 2.75) is 12.5 Å². The van der Waals surface area contributed by atoms with Crippen molar-refractivity contribution in [1.29, 1.82) is 5.26 Å². The van der Waals surface area contributed by atoms with Gasteiger partial charge in [0.2, 0.25) is 0 Å². The second-order valence-electron chi connectivity index (χ2n) is 3.64. The molecule has 1 aliphatic rings. The molecule has 1 aliphatic heterocycles. The van der Waals surface area contributed by atoms with Gasteiger partial charge in [-0.15, -0.1) is 0 Å². The number of anilines is 1. The molecule has 0 aromatic carbocycles. The van der Waals surface area contributed by atoms with Gasteiger partial charge in [-0.2, -0.15) is 5.26 Å². The number of likely N-dealkylation sites (N-methyl/N-ethyl adjacent to an activating group) is 1. The van der Waals surface area contributed by atoms with Gasteiger partial charge in [-0.05, 0) is 18.6 Å². The molecule has 0 bridgehead atoms. The van der Waals surface area contributed by atoms with Crippen LogP contribution in [0, 0.1) is 11.3 Å². The van der Waals surface area contributed by atoms with E-state index in [-0.39, 0.29) is 0 Å². The summed E-state index contributed by atoms with van der Waals surface area (Å²) in [5.74, 6) is 0. The molecule has 1 fully saturated rings. The predicted molar refractivity (Wildman–Crippen MR) is 56.6 cm³/mol. The SMILES string of the molecule is CN(c1ccc(C#N)nc1)C1CCOC1. The number of pyridine rings is 1. The summed E-state index contributed by atoms with van der Waals surface area (Å²) in [5.41, 5.74) is 1.49. The number of ether oxygens (including phenoxy) is 1. The number of nitrogens with zero attached hydrogens (tertiary/aromatic N) is 3. The van der Waals surface area contributed by atoms with Gasteiger partial charge in [0.1, 0.15) is 11.8 Å². The van der Waals surface area contributed by atoms with Gasteiger partial charge in [-0.25, -0.2) is 4.98 Å². The molecule has 0 radical (unpaired) electrons. The molecule has 0 saturated carbocycles. The number of rotatable bonds is 2. The molecule has 0 aliphatic carbocycles. The summed E-state index contributed by atoms with van der Waals surface area (Å²) in [4.78, 5) is 6.20. The van der Waals surface area contributed by atoms with E-state index in [9.17, 15) is 0 Å². The molecule has 4 nitrogen and oxygen atoms in total. The van der Waals surface area contributed by atoms with Crippen LogP contribution in [-0.2, 0) is 4.74 Å². The Morgan fingerprint density at radius 2 is 2.47 bits per heavy atom. The maximum absolute atomic E-state index is 8.63. The van der Waals surface area contributed by atoms with Crippen LogP contribution < -0.4 is 4.90 Å². The first kappa shape index (κ1) is 9.94. The van der Waals surface area contributed by atoms with E-state index < -0.39 is 0 Å². The first-order valence-electron chi connectivity index (χ1n) is 4.98. The van der Waals surface area contributed by atoms with Crippen LogP contribution in [0.5, 0.6) is 0 Å².